The topological polar surface area (TPSA) is 93.2 Å². The van der Waals surface area contributed by atoms with Gasteiger partial charge in [0.1, 0.15) is 23.0 Å². The Hall–Kier alpha value is -4.03. The van der Waals surface area contributed by atoms with Crippen LogP contribution in [-0.2, 0) is 21.1 Å². The van der Waals surface area contributed by atoms with Crippen molar-refractivity contribution in [2.24, 2.45) is 0 Å². The van der Waals surface area contributed by atoms with Crippen LogP contribution in [0.5, 0.6) is 5.75 Å². The number of halogens is 2. The summed E-state index contributed by atoms with van der Waals surface area (Å²) in [5.41, 5.74) is 1.85. The number of hydrogen-bond donors (Lipinski definition) is 0. The molecule has 1 aliphatic carbocycles. The number of methoxy groups -OCH3 is 1. The van der Waals surface area contributed by atoms with E-state index < -0.39 is 33.2 Å². The predicted octanol–water partition coefficient (Wildman–Crippen LogP) is 8.39. The Kier molecular flexibility index (Phi) is 10.4. The average Bonchev–Trinajstić information content (AvgIpc) is 3.41. The van der Waals surface area contributed by atoms with E-state index in [1.54, 1.807) is 48.0 Å². The highest BCUT2D eigenvalue weighted by Crippen LogP contribution is 2.38. The molecule has 1 saturated carbocycles. The number of ether oxygens (including phenoxy) is 2. The Morgan fingerprint density at radius 1 is 0.939 bits per heavy atom. The molecule has 0 radical (unpaired) electrons. The van der Waals surface area contributed by atoms with E-state index in [1.807, 2.05) is 39.0 Å². The van der Waals surface area contributed by atoms with Gasteiger partial charge in [0.25, 0.3) is 5.91 Å². The first kappa shape index (κ1) is 36.3. The van der Waals surface area contributed by atoms with Crippen LogP contribution in [-0.4, -0.2) is 68.3 Å². The summed E-state index contributed by atoms with van der Waals surface area (Å²) in [7, 11) is -0.182. The molecule has 3 aromatic carbocycles. The number of hydrogen-bond acceptors (Lipinski definition) is 7. The van der Waals surface area contributed by atoms with Gasteiger partial charge in [-0.25, -0.2) is 22.0 Å². The van der Waals surface area contributed by atoms with Gasteiger partial charge < -0.3 is 19.3 Å². The molecular formula is C37H42F2N2O6S2. The van der Waals surface area contributed by atoms with Crippen molar-refractivity contribution < 1.29 is 36.3 Å². The lowest BCUT2D eigenvalue weighted by molar-refractivity contribution is 0.0144. The molecule has 1 aliphatic rings. The van der Waals surface area contributed by atoms with E-state index in [2.05, 4.69) is 0 Å². The molecule has 1 aromatic heterocycles. The van der Waals surface area contributed by atoms with Crippen LogP contribution in [0.1, 0.15) is 67.3 Å². The summed E-state index contributed by atoms with van der Waals surface area (Å²) in [6.07, 6.45) is 3.14. The minimum absolute atomic E-state index is 0.0858. The Morgan fingerprint density at radius 3 is 2.18 bits per heavy atom. The zero-order valence-electron chi connectivity index (χ0n) is 28.8. The van der Waals surface area contributed by atoms with Crippen molar-refractivity contribution in [2.75, 3.05) is 20.4 Å². The second-order valence-electron chi connectivity index (χ2n) is 13.6. The zero-order valence-corrected chi connectivity index (χ0v) is 30.4. The van der Waals surface area contributed by atoms with E-state index in [0.717, 1.165) is 35.3 Å². The second kappa shape index (κ2) is 14.1. The van der Waals surface area contributed by atoms with Crippen LogP contribution in [0.25, 0.3) is 21.2 Å². The third kappa shape index (κ3) is 7.91. The van der Waals surface area contributed by atoms with Crippen molar-refractivity contribution in [2.45, 2.75) is 82.5 Å². The molecule has 262 valence electrons. The third-order valence-electron chi connectivity index (χ3n) is 8.99. The van der Waals surface area contributed by atoms with Crippen LogP contribution >= 0.6 is 11.3 Å². The van der Waals surface area contributed by atoms with Crippen molar-refractivity contribution in [3.05, 3.63) is 82.2 Å². The summed E-state index contributed by atoms with van der Waals surface area (Å²) in [5, 5.41) is 0.0985. The van der Waals surface area contributed by atoms with Gasteiger partial charge in [0.05, 0.1) is 21.6 Å². The highest BCUT2D eigenvalue weighted by atomic mass is 32.2. The minimum Gasteiger partial charge on any atom is -0.496 e. The molecule has 0 N–H and O–H groups in total. The third-order valence-corrected chi connectivity index (χ3v) is 11.4. The van der Waals surface area contributed by atoms with Crippen LogP contribution in [0.4, 0.5) is 13.6 Å². The monoisotopic (exact) mass is 712 g/mol. The summed E-state index contributed by atoms with van der Waals surface area (Å²) >= 11 is 0.940. The number of carbonyl (C=O) groups excluding carboxylic acids is 2. The SMILES string of the molecule is COc1ccc(-c2cccc(S(C)(=O)=O)c2)cc1CN(C(=O)c1sc2c(F)ccc(F)c2c1C)[C@H]1CC[C@H](N(C)C(=O)OC(C)(C)C)CC1. The maximum absolute atomic E-state index is 14.9. The van der Waals surface area contributed by atoms with Crippen molar-refractivity contribution in [1.29, 1.82) is 0 Å². The van der Waals surface area contributed by atoms with Gasteiger partial charge in [-0.2, -0.15) is 0 Å². The summed E-state index contributed by atoms with van der Waals surface area (Å²) in [6, 6.07) is 13.9. The standard InChI is InChI=1S/C37H42F2N2O6S2/c1-22-32-29(38)16-17-30(39)34(32)48-33(22)35(42)41(27-14-12-26(13-15-27)40(5)36(43)47-37(2,3)4)21-25-19-24(11-18-31(25)46-6)23-9-8-10-28(20-23)49(7,44)45/h8-11,16-20,26-27H,12-15,21H2,1-7H3/t26-,27-. The largest absolute Gasteiger partial charge is 0.496 e. The first-order valence-electron chi connectivity index (χ1n) is 16.1. The number of benzene rings is 3. The molecular weight excluding hydrogens is 671 g/mol. The summed E-state index contributed by atoms with van der Waals surface area (Å²) in [4.78, 5) is 31.2. The summed E-state index contributed by atoms with van der Waals surface area (Å²) < 4.78 is 65.7. The first-order valence-corrected chi connectivity index (χ1v) is 18.8. The normalized spacial score (nSPS) is 16.8. The number of nitrogens with zero attached hydrogens (tertiary/aromatic N) is 2. The molecule has 0 unspecified atom stereocenters. The molecule has 0 atom stereocenters. The van der Waals surface area contributed by atoms with Crippen molar-refractivity contribution >= 4 is 43.3 Å². The van der Waals surface area contributed by atoms with E-state index >= 15 is 0 Å². The number of amides is 2. The number of carbonyl (C=O) groups is 2. The van der Waals surface area contributed by atoms with Gasteiger partial charge in [0.15, 0.2) is 9.84 Å². The molecule has 1 heterocycles. The van der Waals surface area contributed by atoms with Crippen molar-refractivity contribution in [3.63, 3.8) is 0 Å². The average molecular weight is 713 g/mol. The van der Waals surface area contributed by atoms with Crippen LogP contribution < -0.4 is 4.74 Å². The molecule has 5 rings (SSSR count). The lowest BCUT2D eigenvalue weighted by Crippen LogP contribution is -2.47. The van der Waals surface area contributed by atoms with Gasteiger partial charge in [0, 0.05) is 42.9 Å². The summed E-state index contributed by atoms with van der Waals surface area (Å²) in [5.74, 6) is -1.00. The maximum Gasteiger partial charge on any atom is 0.410 e. The number of sulfone groups is 1. The molecule has 1 fully saturated rings. The van der Waals surface area contributed by atoms with Crippen molar-refractivity contribution in [3.8, 4) is 16.9 Å². The Bertz CT molecular complexity index is 2000. The molecule has 12 heteroatoms. The number of fused-ring (bicyclic) bond motifs is 1. The van der Waals surface area contributed by atoms with Gasteiger partial charge in [0.2, 0.25) is 0 Å². The van der Waals surface area contributed by atoms with E-state index in [1.165, 1.54) is 7.11 Å². The maximum atomic E-state index is 14.9. The first-order chi connectivity index (χ1) is 23.0. The summed E-state index contributed by atoms with van der Waals surface area (Å²) in [6.45, 7) is 7.21. The molecule has 0 spiro atoms. The molecule has 49 heavy (non-hydrogen) atoms. The smallest absolute Gasteiger partial charge is 0.410 e. The predicted molar refractivity (Wildman–Crippen MR) is 188 cm³/mol. The molecule has 4 aromatic rings. The van der Waals surface area contributed by atoms with Crippen LogP contribution in [0, 0.1) is 18.6 Å². The molecule has 0 saturated heterocycles. The van der Waals surface area contributed by atoms with Crippen LogP contribution in [0.15, 0.2) is 59.5 Å². The van der Waals surface area contributed by atoms with Crippen LogP contribution in [0.3, 0.4) is 0 Å². The van der Waals surface area contributed by atoms with E-state index in [4.69, 9.17) is 9.47 Å². The van der Waals surface area contributed by atoms with E-state index in [0.29, 0.717) is 48.1 Å². The van der Waals surface area contributed by atoms with Gasteiger partial charge >= 0.3 is 6.09 Å². The minimum atomic E-state index is -3.44. The van der Waals surface area contributed by atoms with Gasteiger partial charge in [-0.1, -0.05) is 18.2 Å². The quantitative estimate of drug-likeness (QED) is 0.182. The lowest BCUT2D eigenvalue weighted by Gasteiger charge is -2.40. The Morgan fingerprint density at radius 2 is 1.57 bits per heavy atom. The van der Waals surface area contributed by atoms with Gasteiger partial charge in [-0.15, -0.1) is 11.3 Å². The Balaban J connectivity index is 1.52. The molecule has 2 amide bonds. The Labute approximate surface area is 290 Å². The number of aryl methyl sites for hydroxylation is 1. The van der Waals surface area contributed by atoms with E-state index in [9.17, 15) is 26.8 Å². The highest BCUT2D eigenvalue weighted by Gasteiger charge is 2.35. The lowest BCUT2D eigenvalue weighted by atomic mass is 9.89. The molecule has 0 bridgehead atoms. The fourth-order valence-electron chi connectivity index (χ4n) is 6.39. The fourth-order valence-corrected chi connectivity index (χ4v) is 8.24. The fraction of sp³-hybridized carbons (Fsp3) is 0.405. The highest BCUT2D eigenvalue weighted by molar-refractivity contribution is 7.90. The zero-order chi connectivity index (χ0) is 35.8. The molecule has 8 nitrogen and oxygen atoms in total. The van der Waals surface area contributed by atoms with Gasteiger partial charge in [-0.05, 0) is 106 Å². The number of rotatable bonds is 8. The van der Waals surface area contributed by atoms with Gasteiger partial charge in [-0.3, -0.25) is 4.79 Å². The van der Waals surface area contributed by atoms with Crippen LogP contribution in [0.2, 0.25) is 0 Å². The van der Waals surface area contributed by atoms with Crippen molar-refractivity contribution in [1.82, 2.24) is 9.80 Å². The van der Waals surface area contributed by atoms with E-state index in [-0.39, 0.29) is 44.4 Å². The molecule has 0 aliphatic heterocycles. The number of thiophene rings is 1. The second-order valence-corrected chi connectivity index (χ2v) is 16.6.